The maximum Gasteiger partial charge on any atom is 0.350 e. The average molecular weight is 563 g/mol. The molecule has 0 bridgehead atoms. The summed E-state index contributed by atoms with van der Waals surface area (Å²) < 4.78 is 21.9. The van der Waals surface area contributed by atoms with Crippen LogP contribution < -0.4 is 10.6 Å². The van der Waals surface area contributed by atoms with Gasteiger partial charge in [-0.05, 0) is 74.9 Å². The SMILES string of the molecule is C=CC(=O)N1[C@H](C)CN(c2nc(=O)n3c4c(c(-c5ccc(F)cc5)c(C)cc24)SC[C@@H](OCC2CC2)C3)C[C@@H]1C. The number of amides is 1. The first-order valence-electron chi connectivity index (χ1n) is 14.0. The minimum Gasteiger partial charge on any atom is -0.375 e. The van der Waals surface area contributed by atoms with Gasteiger partial charge in [0, 0.05) is 53.4 Å². The standard InChI is InChI=1S/C31H35FN4O3S/c1-5-26(37)36-19(3)13-34(14-20(36)4)30-25-12-18(2)27(22-8-10-23(32)11-9-22)29-28(25)35(31(38)33-30)15-24(17-40-29)39-16-21-6-7-21/h5,8-12,19-21,24H,1,6-7,13-17H2,2-4H3/t19-,20+,24-/m0/s1. The average Bonchev–Trinajstić information content (AvgIpc) is 3.77. The smallest absolute Gasteiger partial charge is 0.350 e. The summed E-state index contributed by atoms with van der Waals surface area (Å²) in [6.07, 6.45) is 3.66. The summed E-state index contributed by atoms with van der Waals surface area (Å²) in [5.74, 6) is 1.62. The third-order valence-corrected chi connectivity index (χ3v) is 9.47. The van der Waals surface area contributed by atoms with E-state index < -0.39 is 0 Å². The summed E-state index contributed by atoms with van der Waals surface area (Å²) in [6, 6.07) is 8.53. The summed E-state index contributed by atoms with van der Waals surface area (Å²) in [7, 11) is 0. The van der Waals surface area contributed by atoms with Gasteiger partial charge in [-0.3, -0.25) is 9.36 Å². The lowest BCUT2D eigenvalue weighted by atomic mass is 9.97. The van der Waals surface area contributed by atoms with Gasteiger partial charge in [-0.2, -0.15) is 4.98 Å². The molecule has 1 aromatic heterocycles. The quantitative estimate of drug-likeness (QED) is 0.393. The molecule has 3 atom stereocenters. The molecule has 3 heterocycles. The molecule has 1 aliphatic carbocycles. The number of halogens is 1. The maximum atomic E-state index is 13.8. The lowest BCUT2D eigenvalue weighted by Crippen LogP contribution is -2.58. The first-order chi connectivity index (χ1) is 19.2. The van der Waals surface area contributed by atoms with E-state index in [0.29, 0.717) is 37.1 Å². The van der Waals surface area contributed by atoms with Gasteiger partial charge >= 0.3 is 5.69 Å². The normalized spacial score (nSPS) is 22.9. The molecule has 0 N–H and O–H groups in total. The molecule has 2 aliphatic heterocycles. The summed E-state index contributed by atoms with van der Waals surface area (Å²) >= 11 is 1.71. The molecule has 3 aliphatic rings. The van der Waals surface area contributed by atoms with E-state index in [1.165, 1.54) is 31.1 Å². The monoisotopic (exact) mass is 562 g/mol. The van der Waals surface area contributed by atoms with Crippen LogP contribution >= 0.6 is 11.8 Å². The third-order valence-electron chi connectivity index (χ3n) is 8.24. The molecule has 1 saturated carbocycles. The van der Waals surface area contributed by atoms with Gasteiger partial charge in [-0.1, -0.05) is 18.7 Å². The summed E-state index contributed by atoms with van der Waals surface area (Å²) in [5.41, 5.74) is 3.51. The zero-order valence-electron chi connectivity index (χ0n) is 23.2. The molecule has 6 rings (SSSR count). The number of carbonyl (C=O) groups excluding carboxylic acids is 1. The van der Waals surface area contributed by atoms with Gasteiger partial charge in [-0.25, -0.2) is 9.18 Å². The number of nitrogens with zero attached hydrogens (tertiary/aromatic N) is 4. The van der Waals surface area contributed by atoms with Crippen molar-refractivity contribution in [3.05, 3.63) is 64.9 Å². The van der Waals surface area contributed by atoms with E-state index >= 15 is 0 Å². The Balaban J connectivity index is 1.50. The molecule has 2 fully saturated rings. The number of benzene rings is 2. The van der Waals surface area contributed by atoms with Crippen LogP contribution in [-0.2, 0) is 16.1 Å². The highest BCUT2D eigenvalue weighted by Gasteiger charge is 2.35. The summed E-state index contributed by atoms with van der Waals surface area (Å²) in [4.78, 5) is 35.9. The number of piperazine rings is 1. The van der Waals surface area contributed by atoms with Gasteiger partial charge in [0.2, 0.25) is 5.91 Å². The van der Waals surface area contributed by atoms with Crippen molar-refractivity contribution in [1.29, 1.82) is 0 Å². The maximum absolute atomic E-state index is 13.8. The van der Waals surface area contributed by atoms with Crippen molar-refractivity contribution in [1.82, 2.24) is 14.5 Å². The van der Waals surface area contributed by atoms with Crippen molar-refractivity contribution in [2.75, 3.05) is 30.3 Å². The molecular weight excluding hydrogens is 527 g/mol. The first kappa shape index (κ1) is 27.0. The molecule has 0 radical (unpaired) electrons. The second-order valence-electron chi connectivity index (χ2n) is 11.4. The Morgan fingerprint density at radius 3 is 2.52 bits per heavy atom. The molecule has 210 valence electrons. The number of rotatable bonds is 6. The minimum absolute atomic E-state index is 0.0714. The fraction of sp³-hybridized carbons (Fsp3) is 0.452. The predicted molar refractivity (Wildman–Crippen MR) is 158 cm³/mol. The van der Waals surface area contributed by atoms with Crippen LogP contribution in [0.1, 0.15) is 32.3 Å². The second-order valence-corrected chi connectivity index (χ2v) is 12.4. The molecule has 3 aromatic rings. The highest BCUT2D eigenvalue weighted by Crippen LogP contribution is 2.44. The van der Waals surface area contributed by atoms with Crippen LogP contribution in [0.15, 0.2) is 52.7 Å². The first-order valence-corrected chi connectivity index (χ1v) is 15.0. The van der Waals surface area contributed by atoms with Crippen LogP contribution in [0.2, 0.25) is 0 Å². The van der Waals surface area contributed by atoms with E-state index in [4.69, 9.17) is 4.74 Å². The zero-order chi connectivity index (χ0) is 28.1. The number of hydrogen-bond donors (Lipinski definition) is 0. The Hall–Kier alpha value is -3.17. The van der Waals surface area contributed by atoms with Crippen LogP contribution in [0.4, 0.5) is 10.2 Å². The minimum atomic E-state index is -0.301. The van der Waals surface area contributed by atoms with Gasteiger partial charge in [0.15, 0.2) is 0 Å². The number of aromatic nitrogens is 2. The molecule has 0 unspecified atom stereocenters. The van der Waals surface area contributed by atoms with Crippen molar-refractivity contribution in [2.45, 2.75) is 63.2 Å². The van der Waals surface area contributed by atoms with E-state index in [2.05, 4.69) is 29.5 Å². The van der Waals surface area contributed by atoms with Gasteiger partial charge < -0.3 is 14.5 Å². The van der Waals surface area contributed by atoms with Crippen molar-refractivity contribution in [3.8, 4) is 11.1 Å². The number of hydrogen-bond acceptors (Lipinski definition) is 6. The Labute approximate surface area is 238 Å². The number of ether oxygens (including phenoxy) is 1. The van der Waals surface area contributed by atoms with E-state index in [9.17, 15) is 14.0 Å². The van der Waals surface area contributed by atoms with Crippen molar-refractivity contribution < 1.29 is 13.9 Å². The largest absolute Gasteiger partial charge is 0.375 e. The van der Waals surface area contributed by atoms with Crippen LogP contribution in [0.3, 0.4) is 0 Å². The summed E-state index contributed by atoms with van der Waals surface area (Å²) in [6.45, 7) is 12.0. The molecule has 7 nitrogen and oxygen atoms in total. The molecule has 1 saturated heterocycles. The van der Waals surface area contributed by atoms with Gasteiger partial charge in [0.1, 0.15) is 11.6 Å². The molecule has 1 amide bonds. The van der Waals surface area contributed by atoms with Crippen LogP contribution in [0.5, 0.6) is 0 Å². The molecule has 40 heavy (non-hydrogen) atoms. The van der Waals surface area contributed by atoms with Gasteiger partial charge in [-0.15, -0.1) is 11.8 Å². The Morgan fingerprint density at radius 1 is 1.18 bits per heavy atom. The van der Waals surface area contributed by atoms with Gasteiger partial charge in [0.25, 0.3) is 0 Å². The van der Waals surface area contributed by atoms with Gasteiger partial charge in [0.05, 0.1) is 18.2 Å². The molecule has 9 heteroatoms. The van der Waals surface area contributed by atoms with E-state index in [1.54, 1.807) is 28.5 Å². The number of anilines is 1. The highest BCUT2D eigenvalue weighted by molar-refractivity contribution is 7.99. The molecule has 2 aromatic carbocycles. The highest BCUT2D eigenvalue weighted by atomic mass is 32.2. The van der Waals surface area contributed by atoms with Crippen LogP contribution in [0, 0.1) is 18.7 Å². The topological polar surface area (TPSA) is 67.7 Å². The van der Waals surface area contributed by atoms with E-state index in [1.807, 2.05) is 18.7 Å². The van der Waals surface area contributed by atoms with Crippen molar-refractivity contribution in [2.24, 2.45) is 5.92 Å². The van der Waals surface area contributed by atoms with Crippen molar-refractivity contribution in [3.63, 3.8) is 0 Å². The van der Waals surface area contributed by atoms with Crippen molar-refractivity contribution >= 4 is 34.4 Å². The third kappa shape index (κ3) is 4.94. The fourth-order valence-electron chi connectivity index (χ4n) is 6.17. The number of carbonyl (C=O) groups is 1. The Bertz CT molecular complexity index is 1520. The number of thioether (sulfide) groups is 1. The number of aryl methyl sites for hydroxylation is 1. The Morgan fingerprint density at radius 2 is 1.88 bits per heavy atom. The van der Waals surface area contributed by atoms with Crippen LogP contribution in [-0.4, -0.2) is 64.0 Å². The van der Waals surface area contributed by atoms with Crippen LogP contribution in [0.25, 0.3) is 22.0 Å². The zero-order valence-corrected chi connectivity index (χ0v) is 24.0. The van der Waals surface area contributed by atoms with E-state index in [0.717, 1.165) is 39.1 Å². The lowest BCUT2D eigenvalue weighted by Gasteiger charge is -2.44. The summed E-state index contributed by atoms with van der Waals surface area (Å²) in [5, 5.41) is 0.913. The molecular formula is C31H35FN4O3S. The predicted octanol–water partition coefficient (Wildman–Crippen LogP) is 5.02. The fourth-order valence-corrected chi connectivity index (χ4v) is 7.51. The molecule has 0 spiro atoms. The Kier molecular flexibility index (Phi) is 7.21. The second kappa shape index (κ2) is 10.7. The van der Waals surface area contributed by atoms with E-state index in [-0.39, 0.29) is 35.6 Å². The lowest BCUT2D eigenvalue weighted by molar-refractivity contribution is -0.130.